The summed E-state index contributed by atoms with van der Waals surface area (Å²) in [6.07, 6.45) is 2.29. The SMILES string of the molecule is N#Cc1ccc(CCNc2cc(C(=O)Nc3ccc(F)c(Cl)c3)ccn2)cc1. The minimum Gasteiger partial charge on any atom is -0.370 e. The molecule has 0 aliphatic heterocycles. The molecule has 2 N–H and O–H groups in total. The van der Waals surface area contributed by atoms with E-state index in [0.717, 1.165) is 12.0 Å². The van der Waals surface area contributed by atoms with Crippen LogP contribution in [0, 0.1) is 17.1 Å². The van der Waals surface area contributed by atoms with Crippen LogP contribution in [-0.4, -0.2) is 17.4 Å². The molecule has 7 heteroatoms. The molecule has 1 aromatic heterocycles. The van der Waals surface area contributed by atoms with Crippen molar-refractivity contribution in [2.75, 3.05) is 17.2 Å². The van der Waals surface area contributed by atoms with E-state index in [-0.39, 0.29) is 10.9 Å². The largest absolute Gasteiger partial charge is 0.370 e. The number of anilines is 2. The number of amides is 1. The summed E-state index contributed by atoms with van der Waals surface area (Å²) in [7, 11) is 0. The lowest BCUT2D eigenvalue weighted by Crippen LogP contribution is -2.13. The molecule has 1 heterocycles. The van der Waals surface area contributed by atoms with Crippen LogP contribution in [0.3, 0.4) is 0 Å². The van der Waals surface area contributed by atoms with Gasteiger partial charge < -0.3 is 10.6 Å². The molecule has 3 rings (SSSR count). The van der Waals surface area contributed by atoms with Gasteiger partial charge in [0.25, 0.3) is 5.91 Å². The van der Waals surface area contributed by atoms with Crippen molar-refractivity contribution in [2.45, 2.75) is 6.42 Å². The molecule has 3 aromatic rings. The second-order valence-electron chi connectivity index (χ2n) is 6.00. The molecule has 1 amide bonds. The van der Waals surface area contributed by atoms with Gasteiger partial charge in [-0.15, -0.1) is 0 Å². The maximum absolute atomic E-state index is 13.2. The van der Waals surface area contributed by atoms with Crippen LogP contribution < -0.4 is 10.6 Å². The first kappa shape index (κ1) is 19.3. The average molecular weight is 395 g/mol. The van der Waals surface area contributed by atoms with Gasteiger partial charge >= 0.3 is 0 Å². The molecule has 0 saturated heterocycles. The molecule has 0 saturated carbocycles. The Kier molecular flexibility index (Phi) is 6.20. The number of hydrogen-bond acceptors (Lipinski definition) is 4. The fourth-order valence-corrected chi connectivity index (χ4v) is 2.71. The van der Waals surface area contributed by atoms with E-state index in [9.17, 15) is 9.18 Å². The molecule has 0 aliphatic carbocycles. The van der Waals surface area contributed by atoms with Gasteiger partial charge in [-0.2, -0.15) is 5.26 Å². The van der Waals surface area contributed by atoms with Crippen molar-refractivity contribution in [3.05, 3.63) is 88.3 Å². The maximum atomic E-state index is 13.2. The van der Waals surface area contributed by atoms with Gasteiger partial charge in [-0.3, -0.25) is 4.79 Å². The Bertz CT molecular complexity index is 1030. The van der Waals surface area contributed by atoms with Crippen LogP contribution in [-0.2, 0) is 6.42 Å². The molecule has 0 radical (unpaired) electrons. The first-order chi connectivity index (χ1) is 13.5. The van der Waals surface area contributed by atoms with Crippen molar-refractivity contribution < 1.29 is 9.18 Å². The minimum atomic E-state index is -0.544. The second kappa shape index (κ2) is 8.98. The van der Waals surface area contributed by atoms with Gasteiger partial charge in [0.05, 0.1) is 16.7 Å². The van der Waals surface area contributed by atoms with E-state index in [0.29, 0.717) is 29.2 Å². The topological polar surface area (TPSA) is 77.8 Å². The molecule has 0 bridgehead atoms. The Balaban J connectivity index is 1.58. The fourth-order valence-electron chi connectivity index (χ4n) is 2.53. The molecule has 0 aliphatic rings. The van der Waals surface area contributed by atoms with E-state index in [2.05, 4.69) is 21.7 Å². The zero-order chi connectivity index (χ0) is 19.9. The molecule has 2 aromatic carbocycles. The van der Waals surface area contributed by atoms with Crippen LogP contribution in [0.4, 0.5) is 15.9 Å². The van der Waals surface area contributed by atoms with E-state index in [1.165, 1.54) is 24.4 Å². The predicted octanol–water partition coefficient (Wildman–Crippen LogP) is 4.65. The Labute approximate surface area is 166 Å². The molecule has 0 unspecified atom stereocenters. The quantitative estimate of drug-likeness (QED) is 0.637. The summed E-state index contributed by atoms with van der Waals surface area (Å²) in [5.74, 6) is -0.323. The first-order valence-electron chi connectivity index (χ1n) is 8.50. The third-order valence-electron chi connectivity index (χ3n) is 4.00. The highest BCUT2D eigenvalue weighted by atomic mass is 35.5. The Morgan fingerprint density at radius 3 is 2.64 bits per heavy atom. The van der Waals surface area contributed by atoms with Crippen LogP contribution >= 0.6 is 11.6 Å². The van der Waals surface area contributed by atoms with Crippen molar-refractivity contribution in [2.24, 2.45) is 0 Å². The average Bonchev–Trinajstić information content (AvgIpc) is 2.71. The number of halogens is 2. The Morgan fingerprint density at radius 2 is 1.93 bits per heavy atom. The third-order valence-corrected chi connectivity index (χ3v) is 4.29. The summed E-state index contributed by atoms with van der Waals surface area (Å²) in [5.41, 5.74) is 2.54. The molecule has 140 valence electrons. The highest BCUT2D eigenvalue weighted by molar-refractivity contribution is 6.31. The number of carbonyl (C=O) groups is 1. The lowest BCUT2D eigenvalue weighted by atomic mass is 10.1. The third kappa shape index (κ3) is 5.06. The zero-order valence-corrected chi connectivity index (χ0v) is 15.5. The Hall–Kier alpha value is -3.43. The van der Waals surface area contributed by atoms with Crippen molar-refractivity contribution in [1.29, 1.82) is 5.26 Å². The summed E-state index contributed by atoms with van der Waals surface area (Å²) < 4.78 is 13.2. The van der Waals surface area contributed by atoms with Crippen LogP contribution in [0.1, 0.15) is 21.5 Å². The highest BCUT2D eigenvalue weighted by Crippen LogP contribution is 2.20. The van der Waals surface area contributed by atoms with E-state index in [1.807, 2.05) is 12.1 Å². The first-order valence-corrected chi connectivity index (χ1v) is 8.88. The number of nitrogens with one attached hydrogen (secondary N) is 2. The maximum Gasteiger partial charge on any atom is 0.255 e. The standard InChI is InChI=1S/C21H16ClFN4O/c22-18-12-17(5-6-19(18)23)27-21(28)16-8-10-26-20(11-16)25-9-7-14-1-3-15(13-24)4-2-14/h1-6,8,10-12H,7,9H2,(H,25,26)(H,27,28). The molecule has 5 nitrogen and oxygen atoms in total. The van der Waals surface area contributed by atoms with Crippen LogP contribution in [0.15, 0.2) is 60.8 Å². The predicted molar refractivity (Wildman–Crippen MR) is 107 cm³/mol. The van der Waals surface area contributed by atoms with Gasteiger partial charge in [0.1, 0.15) is 11.6 Å². The number of rotatable bonds is 6. The summed E-state index contributed by atoms with van der Waals surface area (Å²) in [4.78, 5) is 16.6. The van der Waals surface area contributed by atoms with E-state index >= 15 is 0 Å². The summed E-state index contributed by atoms with van der Waals surface area (Å²) >= 11 is 5.73. The van der Waals surface area contributed by atoms with Crippen molar-refractivity contribution in [1.82, 2.24) is 4.98 Å². The van der Waals surface area contributed by atoms with Crippen LogP contribution in [0.25, 0.3) is 0 Å². The normalized spacial score (nSPS) is 10.2. The molecular formula is C21H16ClFN4O. The minimum absolute atomic E-state index is 0.0577. The number of aromatic nitrogens is 1. The number of benzene rings is 2. The molecule has 0 atom stereocenters. The van der Waals surface area contributed by atoms with Crippen LogP contribution in [0.2, 0.25) is 5.02 Å². The van der Waals surface area contributed by atoms with Gasteiger partial charge in [0.2, 0.25) is 0 Å². The zero-order valence-electron chi connectivity index (χ0n) is 14.7. The van der Waals surface area contributed by atoms with E-state index < -0.39 is 5.82 Å². The molecule has 0 spiro atoms. The summed E-state index contributed by atoms with van der Waals surface area (Å²) in [6, 6.07) is 16.7. The van der Waals surface area contributed by atoms with Crippen molar-refractivity contribution in [3.8, 4) is 6.07 Å². The number of carbonyl (C=O) groups excluding carboxylic acids is 1. The van der Waals surface area contributed by atoms with Gasteiger partial charge in [0.15, 0.2) is 0 Å². The smallest absolute Gasteiger partial charge is 0.255 e. The number of nitriles is 1. The number of hydrogen-bond donors (Lipinski definition) is 2. The molecule has 28 heavy (non-hydrogen) atoms. The second-order valence-corrected chi connectivity index (χ2v) is 6.41. The van der Waals surface area contributed by atoms with E-state index in [1.54, 1.807) is 24.3 Å². The molecule has 0 fully saturated rings. The Morgan fingerprint density at radius 1 is 1.14 bits per heavy atom. The van der Waals surface area contributed by atoms with E-state index in [4.69, 9.17) is 16.9 Å². The monoisotopic (exact) mass is 394 g/mol. The lowest BCUT2D eigenvalue weighted by molar-refractivity contribution is 0.102. The van der Waals surface area contributed by atoms with Gasteiger partial charge in [-0.1, -0.05) is 23.7 Å². The van der Waals surface area contributed by atoms with Gasteiger partial charge in [-0.05, 0) is 54.4 Å². The summed E-state index contributed by atoms with van der Waals surface area (Å²) in [5, 5.41) is 14.6. The summed E-state index contributed by atoms with van der Waals surface area (Å²) in [6.45, 7) is 0.623. The van der Waals surface area contributed by atoms with Crippen molar-refractivity contribution in [3.63, 3.8) is 0 Å². The fraction of sp³-hybridized carbons (Fsp3) is 0.0952. The van der Waals surface area contributed by atoms with Gasteiger partial charge in [-0.25, -0.2) is 9.37 Å². The van der Waals surface area contributed by atoms with Gasteiger partial charge in [0, 0.05) is 24.0 Å². The highest BCUT2D eigenvalue weighted by Gasteiger charge is 2.09. The lowest BCUT2D eigenvalue weighted by Gasteiger charge is -2.09. The number of nitrogens with zero attached hydrogens (tertiary/aromatic N) is 2. The van der Waals surface area contributed by atoms with Crippen molar-refractivity contribution >= 4 is 29.0 Å². The molecular weight excluding hydrogens is 379 g/mol. The van der Waals surface area contributed by atoms with Crippen LogP contribution in [0.5, 0.6) is 0 Å². The number of pyridine rings is 1.